The lowest BCUT2D eigenvalue weighted by Crippen LogP contribution is -2.52. The van der Waals surface area contributed by atoms with Crippen LogP contribution in [-0.4, -0.2) is 30.4 Å². The number of carbonyl (C=O) groups excluding carboxylic acids is 2. The van der Waals surface area contributed by atoms with Gasteiger partial charge in [0.2, 0.25) is 5.91 Å². The number of benzene rings is 1. The van der Waals surface area contributed by atoms with E-state index in [0.29, 0.717) is 11.1 Å². The smallest absolute Gasteiger partial charge is 0.251 e. The molecule has 0 unspecified atom stereocenters. The van der Waals surface area contributed by atoms with E-state index in [0.717, 1.165) is 25.9 Å². The van der Waals surface area contributed by atoms with E-state index in [1.807, 2.05) is 6.92 Å². The Hall–Kier alpha value is -1.59. The third kappa shape index (κ3) is 3.95. The van der Waals surface area contributed by atoms with Crippen molar-refractivity contribution in [2.75, 3.05) is 13.1 Å². The Labute approximate surface area is 124 Å². The third-order valence-electron chi connectivity index (χ3n) is 3.53. The summed E-state index contributed by atoms with van der Waals surface area (Å²) in [4.78, 5) is 23.3. The SMILES string of the molecule is CC1(NC(=O)c2cccc(C(N)=O)c2)CCNCC1.Cl. The standard InChI is InChI=1S/C14H19N3O2.ClH/c1-14(5-7-16-8-6-14)17-13(19)11-4-2-3-10(9-11)12(15)18;/h2-4,9,16H,5-8H2,1H3,(H2,15,18)(H,17,19);1H. The third-order valence-corrected chi connectivity index (χ3v) is 3.53. The number of hydrogen-bond acceptors (Lipinski definition) is 3. The van der Waals surface area contributed by atoms with E-state index in [1.165, 1.54) is 6.07 Å². The minimum Gasteiger partial charge on any atom is -0.366 e. The van der Waals surface area contributed by atoms with Crippen LogP contribution < -0.4 is 16.4 Å². The van der Waals surface area contributed by atoms with Crippen LogP contribution in [-0.2, 0) is 0 Å². The van der Waals surface area contributed by atoms with Crippen LogP contribution in [0, 0.1) is 0 Å². The minimum absolute atomic E-state index is 0. The van der Waals surface area contributed by atoms with Gasteiger partial charge in [-0.15, -0.1) is 12.4 Å². The number of primary amides is 1. The Morgan fingerprint density at radius 2 is 1.85 bits per heavy atom. The second-order valence-electron chi connectivity index (χ2n) is 5.21. The van der Waals surface area contributed by atoms with Gasteiger partial charge in [0.05, 0.1) is 0 Å². The molecule has 4 N–H and O–H groups in total. The number of amides is 2. The second kappa shape index (κ2) is 6.72. The summed E-state index contributed by atoms with van der Waals surface area (Å²) in [6.07, 6.45) is 1.79. The fourth-order valence-corrected chi connectivity index (χ4v) is 2.26. The normalized spacial score (nSPS) is 16.9. The average Bonchev–Trinajstić information content (AvgIpc) is 2.39. The van der Waals surface area contributed by atoms with E-state index >= 15 is 0 Å². The van der Waals surface area contributed by atoms with Crippen molar-refractivity contribution in [3.8, 4) is 0 Å². The van der Waals surface area contributed by atoms with Gasteiger partial charge in [-0.1, -0.05) is 6.07 Å². The van der Waals surface area contributed by atoms with E-state index in [9.17, 15) is 9.59 Å². The number of rotatable bonds is 3. The maximum atomic E-state index is 12.2. The zero-order valence-corrected chi connectivity index (χ0v) is 12.3. The summed E-state index contributed by atoms with van der Waals surface area (Å²) in [6, 6.07) is 6.49. The van der Waals surface area contributed by atoms with E-state index in [-0.39, 0.29) is 23.9 Å². The highest BCUT2D eigenvalue weighted by Gasteiger charge is 2.28. The minimum atomic E-state index is -0.525. The largest absolute Gasteiger partial charge is 0.366 e. The number of carbonyl (C=O) groups is 2. The van der Waals surface area contributed by atoms with Crippen LogP contribution >= 0.6 is 12.4 Å². The molecule has 2 rings (SSSR count). The van der Waals surface area contributed by atoms with Gasteiger partial charge in [0.1, 0.15) is 0 Å². The molecule has 6 heteroatoms. The average molecular weight is 298 g/mol. The second-order valence-corrected chi connectivity index (χ2v) is 5.21. The van der Waals surface area contributed by atoms with Crippen molar-refractivity contribution in [1.29, 1.82) is 0 Å². The molecule has 0 atom stereocenters. The quantitative estimate of drug-likeness (QED) is 0.780. The Kier molecular flexibility index (Phi) is 5.53. The number of piperidine rings is 1. The molecule has 1 aliphatic rings. The molecule has 0 radical (unpaired) electrons. The predicted octanol–water partition coefficient (Wildman–Crippen LogP) is 1.08. The highest BCUT2D eigenvalue weighted by Crippen LogP contribution is 2.18. The van der Waals surface area contributed by atoms with E-state index in [2.05, 4.69) is 10.6 Å². The molecule has 0 saturated carbocycles. The Morgan fingerprint density at radius 3 is 2.45 bits per heavy atom. The summed E-state index contributed by atoms with van der Waals surface area (Å²) in [5.74, 6) is -0.685. The molecule has 0 aromatic heterocycles. The highest BCUT2D eigenvalue weighted by atomic mass is 35.5. The highest BCUT2D eigenvalue weighted by molar-refractivity contribution is 5.99. The van der Waals surface area contributed by atoms with Crippen LogP contribution in [0.1, 0.15) is 40.5 Å². The van der Waals surface area contributed by atoms with Crippen LogP contribution in [0.3, 0.4) is 0 Å². The number of hydrogen-bond donors (Lipinski definition) is 3. The summed E-state index contributed by atoms with van der Waals surface area (Å²) < 4.78 is 0. The van der Waals surface area contributed by atoms with Crippen molar-refractivity contribution < 1.29 is 9.59 Å². The fraction of sp³-hybridized carbons (Fsp3) is 0.429. The van der Waals surface area contributed by atoms with E-state index < -0.39 is 5.91 Å². The molecule has 0 bridgehead atoms. The first-order chi connectivity index (χ1) is 9.00. The number of nitrogens with two attached hydrogens (primary N) is 1. The fourth-order valence-electron chi connectivity index (χ4n) is 2.26. The zero-order chi connectivity index (χ0) is 13.9. The van der Waals surface area contributed by atoms with Crippen LogP contribution in [0.5, 0.6) is 0 Å². The van der Waals surface area contributed by atoms with Crippen molar-refractivity contribution in [2.24, 2.45) is 5.73 Å². The van der Waals surface area contributed by atoms with Gasteiger partial charge in [-0.3, -0.25) is 9.59 Å². The van der Waals surface area contributed by atoms with Gasteiger partial charge in [-0.25, -0.2) is 0 Å². The Balaban J connectivity index is 0.00000200. The predicted molar refractivity (Wildman–Crippen MR) is 80.2 cm³/mol. The van der Waals surface area contributed by atoms with Gasteiger partial charge < -0.3 is 16.4 Å². The zero-order valence-electron chi connectivity index (χ0n) is 11.4. The van der Waals surface area contributed by atoms with Crippen LogP contribution in [0.2, 0.25) is 0 Å². The van der Waals surface area contributed by atoms with E-state index in [4.69, 9.17) is 5.73 Å². The molecule has 1 saturated heterocycles. The monoisotopic (exact) mass is 297 g/mol. The summed E-state index contributed by atoms with van der Waals surface area (Å²) in [5, 5.41) is 6.31. The van der Waals surface area contributed by atoms with Crippen molar-refractivity contribution in [1.82, 2.24) is 10.6 Å². The Morgan fingerprint density at radius 1 is 1.25 bits per heavy atom. The molecular weight excluding hydrogens is 278 g/mol. The molecule has 20 heavy (non-hydrogen) atoms. The molecule has 110 valence electrons. The van der Waals surface area contributed by atoms with Gasteiger partial charge in [-0.2, -0.15) is 0 Å². The Bertz CT molecular complexity index is 499. The van der Waals surface area contributed by atoms with Gasteiger partial charge in [-0.05, 0) is 51.1 Å². The van der Waals surface area contributed by atoms with Crippen LogP contribution in [0.25, 0.3) is 0 Å². The van der Waals surface area contributed by atoms with Gasteiger partial charge in [0.25, 0.3) is 5.91 Å². The topological polar surface area (TPSA) is 84.2 Å². The van der Waals surface area contributed by atoms with Crippen molar-refractivity contribution in [2.45, 2.75) is 25.3 Å². The van der Waals surface area contributed by atoms with Crippen molar-refractivity contribution >= 4 is 24.2 Å². The number of nitrogens with one attached hydrogen (secondary N) is 2. The molecule has 5 nitrogen and oxygen atoms in total. The summed E-state index contributed by atoms with van der Waals surface area (Å²) in [7, 11) is 0. The first-order valence-electron chi connectivity index (χ1n) is 6.43. The summed E-state index contributed by atoms with van der Waals surface area (Å²) in [6.45, 7) is 3.85. The molecule has 1 aromatic carbocycles. The first kappa shape index (κ1) is 16.5. The molecule has 1 fully saturated rings. The lowest BCUT2D eigenvalue weighted by molar-refractivity contribution is 0.0887. The lowest BCUT2D eigenvalue weighted by atomic mass is 9.90. The van der Waals surface area contributed by atoms with Gasteiger partial charge in [0, 0.05) is 16.7 Å². The molecule has 1 aliphatic heterocycles. The van der Waals surface area contributed by atoms with Crippen LogP contribution in [0.15, 0.2) is 24.3 Å². The lowest BCUT2D eigenvalue weighted by Gasteiger charge is -2.35. The molecule has 0 aliphatic carbocycles. The number of halogens is 1. The van der Waals surface area contributed by atoms with Crippen molar-refractivity contribution in [3.63, 3.8) is 0 Å². The molecule has 1 heterocycles. The molecule has 2 amide bonds. The summed E-state index contributed by atoms with van der Waals surface area (Å²) in [5.41, 5.74) is 5.84. The van der Waals surface area contributed by atoms with E-state index in [1.54, 1.807) is 18.2 Å². The first-order valence-corrected chi connectivity index (χ1v) is 6.43. The maximum absolute atomic E-state index is 12.2. The molecule has 0 spiro atoms. The summed E-state index contributed by atoms with van der Waals surface area (Å²) >= 11 is 0. The van der Waals surface area contributed by atoms with Crippen molar-refractivity contribution in [3.05, 3.63) is 35.4 Å². The van der Waals surface area contributed by atoms with Gasteiger partial charge in [0.15, 0.2) is 0 Å². The molecular formula is C14H20ClN3O2. The molecule has 1 aromatic rings. The van der Waals surface area contributed by atoms with Gasteiger partial charge >= 0.3 is 0 Å². The maximum Gasteiger partial charge on any atom is 0.251 e. The van der Waals surface area contributed by atoms with Crippen LogP contribution in [0.4, 0.5) is 0 Å².